The SMILES string of the molecule is O=C(NCc1ccncc1)c1cnc(N2CCN(c3ncccn3)CC2)nc1. The van der Waals surface area contributed by atoms with E-state index in [0.29, 0.717) is 18.1 Å². The van der Waals surface area contributed by atoms with Gasteiger partial charge in [0.2, 0.25) is 11.9 Å². The van der Waals surface area contributed by atoms with Crippen molar-refractivity contribution in [2.24, 2.45) is 0 Å². The van der Waals surface area contributed by atoms with Gasteiger partial charge in [-0.15, -0.1) is 0 Å². The number of nitrogens with zero attached hydrogens (tertiary/aromatic N) is 7. The molecule has 4 rings (SSSR count). The van der Waals surface area contributed by atoms with Crippen molar-refractivity contribution in [3.8, 4) is 0 Å². The molecular formula is C19H20N8O. The predicted octanol–water partition coefficient (Wildman–Crippen LogP) is 0.918. The Morgan fingerprint density at radius 1 is 0.857 bits per heavy atom. The number of hydrogen-bond donors (Lipinski definition) is 1. The summed E-state index contributed by atoms with van der Waals surface area (Å²) in [5.74, 6) is 1.16. The molecule has 9 heteroatoms. The van der Waals surface area contributed by atoms with Crippen LogP contribution in [0.4, 0.5) is 11.9 Å². The number of nitrogens with one attached hydrogen (secondary N) is 1. The van der Waals surface area contributed by atoms with Gasteiger partial charge in [-0.25, -0.2) is 19.9 Å². The fourth-order valence-electron chi connectivity index (χ4n) is 2.95. The van der Waals surface area contributed by atoms with Gasteiger partial charge in [0, 0.05) is 69.9 Å². The molecule has 1 fully saturated rings. The molecular weight excluding hydrogens is 356 g/mol. The van der Waals surface area contributed by atoms with E-state index in [1.807, 2.05) is 18.2 Å². The van der Waals surface area contributed by atoms with Gasteiger partial charge in [0.05, 0.1) is 5.56 Å². The van der Waals surface area contributed by atoms with Crippen molar-refractivity contribution in [1.29, 1.82) is 0 Å². The highest BCUT2D eigenvalue weighted by atomic mass is 16.1. The van der Waals surface area contributed by atoms with Crippen molar-refractivity contribution in [1.82, 2.24) is 30.2 Å². The maximum absolute atomic E-state index is 12.3. The molecule has 0 saturated carbocycles. The summed E-state index contributed by atoms with van der Waals surface area (Å²) in [5, 5.41) is 2.86. The standard InChI is InChI=1S/C19H20N8O/c28-17(23-12-15-2-6-20-7-3-15)16-13-24-19(25-14-16)27-10-8-26(9-11-27)18-21-4-1-5-22-18/h1-7,13-14H,8-12H2,(H,23,28). The van der Waals surface area contributed by atoms with E-state index in [-0.39, 0.29) is 5.91 Å². The minimum atomic E-state index is -0.200. The second-order valence-electron chi connectivity index (χ2n) is 6.33. The van der Waals surface area contributed by atoms with Crippen LogP contribution < -0.4 is 15.1 Å². The third-order valence-electron chi connectivity index (χ3n) is 4.50. The van der Waals surface area contributed by atoms with Gasteiger partial charge in [-0.3, -0.25) is 9.78 Å². The molecule has 0 atom stereocenters. The normalized spacial score (nSPS) is 14.0. The summed E-state index contributed by atoms with van der Waals surface area (Å²) >= 11 is 0. The second-order valence-corrected chi connectivity index (χ2v) is 6.33. The van der Waals surface area contributed by atoms with Crippen LogP contribution in [0.5, 0.6) is 0 Å². The Labute approximate surface area is 162 Å². The fraction of sp³-hybridized carbons (Fsp3) is 0.263. The number of piperazine rings is 1. The summed E-state index contributed by atoms with van der Waals surface area (Å²) in [6, 6.07) is 5.53. The number of carbonyl (C=O) groups excluding carboxylic acids is 1. The van der Waals surface area contributed by atoms with Crippen LogP contribution in [0.3, 0.4) is 0 Å². The topological polar surface area (TPSA) is 100 Å². The minimum absolute atomic E-state index is 0.200. The highest BCUT2D eigenvalue weighted by molar-refractivity contribution is 5.93. The smallest absolute Gasteiger partial charge is 0.254 e. The monoisotopic (exact) mass is 376 g/mol. The van der Waals surface area contributed by atoms with Crippen LogP contribution >= 0.6 is 0 Å². The summed E-state index contributed by atoms with van der Waals surface area (Å²) in [5.41, 5.74) is 1.43. The first-order valence-electron chi connectivity index (χ1n) is 9.06. The first-order chi connectivity index (χ1) is 13.8. The molecule has 1 saturated heterocycles. The second kappa shape index (κ2) is 8.38. The zero-order valence-electron chi connectivity index (χ0n) is 15.3. The van der Waals surface area contributed by atoms with Gasteiger partial charge in [0.1, 0.15) is 0 Å². The van der Waals surface area contributed by atoms with Crippen molar-refractivity contribution in [3.05, 3.63) is 66.5 Å². The number of pyridine rings is 1. The molecule has 3 aromatic heterocycles. The van der Waals surface area contributed by atoms with Crippen LogP contribution in [-0.4, -0.2) is 57.0 Å². The number of aromatic nitrogens is 5. The summed E-state index contributed by atoms with van der Waals surface area (Å²) in [4.78, 5) is 37.8. The van der Waals surface area contributed by atoms with Crippen molar-refractivity contribution in [3.63, 3.8) is 0 Å². The van der Waals surface area contributed by atoms with Crippen molar-refractivity contribution >= 4 is 17.8 Å². The lowest BCUT2D eigenvalue weighted by molar-refractivity contribution is 0.0950. The maximum Gasteiger partial charge on any atom is 0.254 e. The molecule has 0 radical (unpaired) electrons. The van der Waals surface area contributed by atoms with Crippen LogP contribution in [0.1, 0.15) is 15.9 Å². The van der Waals surface area contributed by atoms with E-state index < -0.39 is 0 Å². The third-order valence-corrected chi connectivity index (χ3v) is 4.50. The highest BCUT2D eigenvalue weighted by Gasteiger charge is 2.20. The first kappa shape index (κ1) is 17.8. The van der Waals surface area contributed by atoms with Crippen LogP contribution in [0.25, 0.3) is 0 Å². The van der Waals surface area contributed by atoms with Gasteiger partial charge in [0.15, 0.2) is 0 Å². The van der Waals surface area contributed by atoms with Gasteiger partial charge in [-0.05, 0) is 23.8 Å². The number of hydrogen-bond acceptors (Lipinski definition) is 8. The van der Waals surface area contributed by atoms with Crippen LogP contribution in [0.15, 0.2) is 55.4 Å². The molecule has 4 heterocycles. The Kier molecular flexibility index (Phi) is 5.32. The Morgan fingerprint density at radius 3 is 2.04 bits per heavy atom. The van der Waals surface area contributed by atoms with E-state index in [1.165, 1.54) is 0 Å². The predicted molar refractivity (Wildman–Crippen MR) is 104 cm³/mol. The largest absolute Gasteiger partial charge is 0.348 e. The molecule has 0 aliphatic carbocycles. The molecule has 1 aliphatic heterocycles. The lowest BCUT2D eigenvalue weighted by Crippen LogP contribution is -2.47. The third kappa shape index (κ3) is 4.20. The zero-order chi connectivity index (χ0) is 19.2. The van der Waals surface area contributed by atoms with E-state index in [1.54, 1.807) is 37.2 Å². The van der Waals surface area contributed by atoms with Gasteiger partial charge in [-0.1, -0.05) is 0 Å². The minimum Gasteiger partial charge on any atom is -0.348 e. The van der Waals surface area contributed by atoms with Crippen LogP contribution in [0.2, 0.25) is 0 Å². The van der Waals surface area contributed by atoms with E-state index in [0.717, 1.165) is 37.7 Å². The van der Waals surface area contributed by atoms with E-state index >= 15 is 0 Å². The van der Waals surface area contributed by atoms with E-state index in [2.05, 4.69) is 40.0 Å². The van der Waals surface area contributed by atoms with Crippen molar-refractivity contribution in [2.45, 2.75) is 6.54 Å². The van der Waals surface area contributed by atoms with Gasteiger partial charge in [-0.2, -0.15) is 0 Å². The number of carbonyl (C=O) groups is 1. The average molecular weight is 376 g/mol. The van der Waals surface area contributed by atoms with Crippen LogP contribution in [-0.2, 0) is 6.54 Å². The van der Waals surface area contributed by atoms with E-state index in [9.17, 15) is 4.79 Å². The molecule has 1 aliphatic rings. The zero-order valence-corrected chi connectivity index (χ0v) is 15.3. The lowest BCUT2D eigenvalue weighted by Gasteiger charge is -2.34. The molecule has 142 valence electrons. The Hall–Kier alpha value is -3.62. The van der Waals surface area contributed by atoms with Gasteiger partial charge >= 0.3 is 0 Å². The Morgan fingerprint density at radius 2 is 1.43 bits per heavy atom. The van der Waals surface area contributed by atoms with E-state index in [4.69, 9.17) is 0 Å². The summed E-state index contributed by atoms with van der Waals surface area (Å²) < 4.78 is 0. The molecule has 1 amide bonds. The molecule has 0 unspecified atom stereocenters. The average Bonchev–Trinajstić information content (AvgIpc) is 2.79. The van der Waals surface area contributed by atoms with Gasteiger partial charge in [0.25, 0.3) is 5.91 Å². The number of amides is 1. The summed E-state index contributed by atoms with van der Waals surface area (Å²) in [7, 11) is 0. The Bertz CT molecular complexity index is 896. The molecule has 1 N–H and O–H groups in total. The molecule has 28 heavy (non-hydrogen) atoms. The van der Waals surface area contributed by atoms with Gasteiger partial charge < -0.3 is 15.1 Å². The molecule has 0 spiro atoms. The molecule has 3 aromatic rings. The maximum atomic E-state index is 12.3. The summed E-state index contributed by atoms with van der Waals surface area (Å²) in [6.07, 6.45) is 10.0. The number of anilines is 2. The van der Waals surface area contributed by atoms with Crippen molar-refractivity contribution < 1.29 is 4.79 Å². The molecule has 9 nitrogen and oxygen atoms in total. The fourth-order valence-corrected chi connectivity index (χ4v) is 2.95. The summed E-state index contributed by atoms with van der Waals surface area (Å²) in [6.45, 7) is 3.56. The number of rotatable bonds is 5. The Balaban J connectivity index is 1.31. The van der Waals surface area contributed by atoms with Crippen molar-refractivity contribution in [2.75, 3.05) is 36.0 Å². The quantitative estimate of drug-likeness (QED) is 0.702. The first-order valence-corrected chi connectivity index (χ1v) is 9.06. The molecule has 0 bridgehead atoms. The van der Waals surface area contributed by atoms with Crippen LogP contribution in [0, 0.1) is 0 Å². The highest BCUT2D eigenvalue weighted by Crippen LogP contribution is 2.14. The lowest BCUT2D eigenvalue weighted by atomic mass is 10.2. The molecule has 0 aromatic carbocycles.